The molecule has 0 bridgehead atoms. The number of aromatic amines is 1. The van der Waals surface area contributed by atoms with Crippen LogP contribution in [0.25, 0.3) is 11.0 Å². The number of nitrogens with one attached hydrogen (secondary N) is 1. The molecule has 1 aromatic carbocycles. The van der Waals surface area contributed by atoms with E-state index in [-0.39, 0.29) is 23.2 Å². The lowest BCUT2D eigenvalue weighted by molar-refractivity contribution is -0.205. The van der Waals surface area contributed by atoms with E-state index in [1.165, 1.54) is 24.6 Å². The number of ether oxygens (including phenoxy) is 2. The molecule has 6 heteroatoms. The van der Waals surface area contributed by atoms with E-state index < -0.39 is 0 Å². The fourth-order valence-corrected chi connectivity index (χ4v) is 4.31. The summed E-state index contributed by atoms with van der Waals surface area (Å²) in [6.07, 6.45) is 3.64. The van der Waals surface area contributed by atoms with Crippen molar-refractivity contribution < 1.29 is 14.3 Å². The summed E-state index contributed by atoms with van der Waals surface area (Å²) >= 11 is 1.38. The average molecular weight is 332 g/mol. The summed E-state index contributed by atoms with van der Waals surface area (Å²) in [6.45, 7) is 2.24. The average Bonchev–Trinajstić information content (AvgIpc) is 2.97. The highest BCUT2D eigenvalue weighted by atomic mass is 32.2. The van der Waals surface area contributed by atoms with Crippen molar-refractivity contribution in [1.29, 1.82) is 0 Å². The Morgan fingerprint density at radius 1 is 1.52 bits per heavy atom. The lowest BCUT2D eigenvalue weighted by Gasteiger charge is -2.61. The molecule has 1 N–H and O–H groups in total. The molecule has 5 nitrogen and oxygen atoms in total. The molecular weight excluding hydrogens is 312 g/mol. The minimum Gasteiger partial charge on any atom is -0.497 e. The Hall–Kier alpha value is -1.69. The molecule has 0 aliphatic heterocycles. The molecule has 2 aliphatic carbocycles. The Balaban J connectivity index is 1.34. The second-order valence-electron chi connectivity index (χ2n) is 6.67. The van der Waals surface area contributed by atoms with Gasteiger partial charge in [-0.15, -0.1) is 0 Å². The van der Waals surface area contributed by atoms with Crippen LogP contribution in [0.15, 0.2) is 23.4 Å². The number of thioether (sulfide) groups is 1. The van der Waals surface area contributed by atoms with E-state index >= 15 is 0 Å². The number of H-pyrrole nitrogens is 1. The number of benzene rings is 1. The first-order valence-electron chi connectivity index (χ1n) is 7.94. The molecular formula is C17H20N2O3S. The molecule has 1 aromatic heterocycles. The summed E-state index contributed by atoms with van der Waals surface area (Å²) < 4.78 is 10.8. The largest absolute Gasteiger partial charge is 0.497 e. The lowest BCUT2D eigenvalue weighted by atomic mass is 9.47. The van der Waals surface area contributed by atoms with Crippen LogP contribution in [0.1, 0.15) is 26.2 Å². The van der Waals surface area contributed by atoms with E-state index in [2.05, 4.69) is 16.9 Å². The number of fused-ring (bicyclic) bond motifs is 2. The molecule has 23 heavy (non-hydrogen) atoms. The van der Waals surface area contributed by atoms with Gasteiger partial charge in [0.15, 0.2) is 5.16 Å². The minimum atomic E-state index is -0.149. The molecule has 1 heterocycles. The maximum atomic E-state index is 12.0. The van der Waals surface area contributed by atoms with Crippen LogP contribution in [0.5, 0.6) is 5.75 Å². The molecule has 0 spiro atoms. The third-order valence-corrected chi connectivity index (χ3v) is 6.31. The number of carbonyl (C=O) groups excluding carboxylic acids is 1. The molecule has 3 unspecified atom stereocenters. The third kappa shape index (κ3) is 2.49. The zero-order valence-corrected chi connectivity index (χ0v) is 14.1. The van der Waals surface area contributed by atoms with E-state index in [0.29, 0.717) is 0 Å². The molecule has 3 atom stereocenters. The second kappa shape index (κ2) is 5.44. The van der Waals surface area contributed by atoms with Crippen molar-refractivity contribution in [3.8, 4) is 5.75 Å². The Labute approximate surface area is 139 Å². The molecule has 2 fully saturated rings. The van der Waals surface area contributed by atoms with E-state index in [0.717, 1.165) is 34.3 Å². The molecule has 4 rings (SSSR count). The zero-order chi connectivity index (χ0) is 16.0. The highest BCUT2D eigenvalue weighted by Gasteiger charge is 2.59. The molecule has 2 saturated carbocycles. The monoisotopic (exact) mass is 332 g/mol. The van der Waals surface area contributed by atoms with Crippen molar-refractivity contribution in [2.45, 2.75) is 37.4 Å². The summed E-state index contributed by atoms with van der Waals surface area (Å²) in [5.41, 5.74) is 2.03. The van der Waals surface area contributed by atoms with Gasteiger partial charge in [0, 0.05) is 11.5 Å². The molecule has 2 aliphatic rings. The highest BCUT2D eigenvalue weighted by molar-refractivity contribution is 7.99. The topological polar surface area (TPSA) is 64.2 Å². The van der Waals surface area contributed by atoms with Crippen LogP contribution in [0.2, 0.25) is 0 Å². The number of hydrogen-bond donors (Lipinski definition) is 1. The summed E-state index contributed by atoms with van der Waals surface area (Å²) in [7, 11) is 1.64. The number of aromatic nitrogens is 2. The minimum absolute atomic E-state index is 0.120. The van der Waals surface area contributed by atoms with E-state index in [1.54, 1.807) is 7.11 Å². The number of rotatable bonds is 5. The smallest absolute Gasteiger partial charge is 0.316 e. The maximum Gasteiger partial charge on any atom is 0.316 e. The van der Waals surface area contributed by atoms with E-state index in [4.69, 9.17) is 9.47 Å². The van der Waals surface area contributed by atoms with Gasteiger partial charge in [0.1, 0.15) is 11.9 Å². The Bertz CT molecular complexity index is 759. The number of carbonyl (C=O) groups is 1. The molecule has 0 radical (unpaired) electrons. The predicted molar refractivity (Wildman–Crippen MR) is 88.7 cm³/mol. The Morgan fingerprint density at radius 3 is 3.04 bits per heavy atom. The maximum absolute atomic E-state index is 12.0. The zero-order valence-electron chi connectivity index (χ0n) is 13.3. The SMILES string of the molecule is COc1ccc2nc(SCC(=O)OC3CC4CCC43C)[nH]c2c1. The van der Waals surface area contributed by atoms with Crippen LogP contribution in [0.3, 0.4) is 0 Å². The molecule has 122 valence electrons. The number of methoxy groups -OCH3 is 1. The molecule has 0 saturated heterocycles. The van der Waals surface area contributed by atoms with Gasteiger partial charge in [-0.05, 0) is 37.3 Å². The Kier molecular flexibility index (Phi) is 3.52. The first kappa shape index (κ1) is 14.9. The lowest BCUT2D eigenvalue weighted by Crippen LogP contribution is -2.59. The summed E-state index contributed by atoms with van der Waals surface area (Å²) in [5.74, 6) is 1.70. The predicted octanol–water partition coefficient (Wildman–Crippen LogP) is 3.40. The van der Waals surface area contributed by atoms with Crippen molar-refractivity contribution in [1.82, 2.24) is 9.97 Å². The number of nitrogens with zero attached hydrogens (tertiary/aromatic N) is 1. The van der Waals surface area contributed by atoms with Crippen molar-refractivity contribution in [3.05, 3.63) is 18.2 Å². The van der Waals surface area contributed by atoms with Gasteiger partial charge < -0.3 is 14.5 Å². The fraction of sp³-hybridized carbons (Fsp3) is 0.529. The summed E-state index contributed by atoms with van der Waals surface area (Å²) in [6, 6.07) is 5.67. The molecule has 2 aromatic rings. The van der Waals surface area contributed by atoms with Gasteiger partial charge in [-0.2, -0.15) is 0 Å². The second-order valence-corrected chi connectivity index (χ2v) is 7.63. The van der Waals surface area contributed by atoms with Crippen LogP contribution >= 0.6 is 11.8 Å². The standard InChI is InChI=1S/C17H20N2O3S/c1-17-6-5-10(17)7-14(17)22-15(20)9-23-16-18-12-4-3-11(21-2)8-13(12)19-16/h3-4,8,10,14H,5-7,9H2,1-2H3,(H,18,19). The summed E-state index contributed by atoms with van der Waals surface area (Å²) in [5, 5.41) is 0.728. The quantitative estimate of drug-likeness (QED) is 0.671. The number of hydrogen-bond acceptors (Lipinski definition) is 5. The van der Waals surface area contributed by atoms with Crippen LogP contribution in [-0.2, 0) is 9.53 Å². The van der Waals surface area contributed by atoms with E-state index in [9.17, 15) is 4.79 Å². The van der Waals surface area contributed by atoms with Gasteiger partial charge in [0.2, 0.25) is 0 Å². The first-order valence-corrected chi connectivity index (χ1v) is 8.93. The van der Waals surface area contributed by atoms with Gasteiger partial charge in [-0.1, -0.05) is 18.7 Å². The van der Waals surface area contributed by atoms with Gasteiger partial charge >= 0.3 is 5.97 Å². The summed E-state index contributed by atoms with van der Waals surface area (Å²) in [4.78, 5) is 19.7. The van der Waals surface area contributed by atoms with Gasteiger partial charge in [0.05, 0.1) is 23.9 Å². The van der Waals surface area contributed by atoms with Gasteiger partial charge in [0.25, 0.3) is 0 Å². The number of imidazole rings is 1. The van der Waals surface area contributed by atoms with Crippen molar-refractivity contribution in [3.63, 3.8) is 0 Å². The van der Waals surface area contributed by atoms with Crippen molar-refractivity contribution in [2.24, 2.45) is 11.3 Å². The third-order valence-electron chi connectivity index (χ3n) is 5.47. The van der Waals surface area contributed by atoms with Gasteiger partial charge in [-0.3, -0.25) is 4.79 Å². The normalized spacial score (nSPS) is 28.6. The van der Waals surface area contributed by atoms with E-state index in [1.807, 2.05) is 18.2 Å². The fourth-order valence-electron chi connectivity index (χ4n) is 3.65. The van der Waals surface area contributed by atoms with Crippen LogP contribution in [0, 0.1) is 11.3 Å². The Morgan fingerprint density at radius 2 is 2.39 bits per heavy atom. The molecule has 0 amide bonds. The highest BCUT2D eigenvalue weighted by Crippen LogP contribution is 2.61. The number of esters is 1. The van der Waals surface area contributed by atoms with Crippen LogP contribution in [0.4, 0.5) is 0 Å². The van der Waals surface area contributed by atoms with Crippen molar-refractivity contribution >= 4 is 28.8 Å². The first-order chi connectivity index (χ1) is 11.1. The van der Waals surface area contributed by atoms with Crippen LogP contribution in [-0.4, -0.2) is 34.9 Å². The van der Waals surface area contributed by atoms with Crippen molar-refractivity contribution in [2.75, 3.05) is 12.9 Å². The van der Waals surface area contributed by atoms with Crippen LogP contribution < -0.4 is 4.74 Å². The van der Waals surface area contributed by atoms with Gasteiger partial charge in [-0.25, -0.2) is 4.98 Å².